The molecule has 0 aliphatic carbocycles. The summed E-state index contributed by atoms with van der Waals surface area (Å²) >= 11 is 1.81. The Morgan fingerprint density at radius 3 is 2.84 bits per heavy atom. The molecule has 3 rings (SSSR count). The molecule has 0 fully saturated rings. The van der Waals surface area contributed by atoms with Crippen molar-refractivity contribution in [3.8, 4) is 0 Å². The van der Waals surface area contributed by atoms with E-state index in [1.807, 2.05) is 19.3 Å². The van der Waals surface area contributed by atoms with Crippen LogP contribution in [0.4, 0.5) is 0 Å². The Balaban J connectivity index is 2.01. The van der Waals surface area contributed by atoms with Gasteiger partial charge in [0.2, 0.25) is 0 Å². The molecule has 0 amide bonds. The predicted octanol–water partition coefficient (Wildman–Crippen LogP) is 3.80. The van der Waals surface area contributed by atoms with Gasteiger partial charge in [-0.2, -0.15) is 0 Å². The molecule has 96 valence electrons. The van der Waals surface area contributed by atoms with Crippen molar-refractivity contribution >= 4 is 22.2 Å². The fourth-order valence-electron chi connectivity index (χ4n) is 2.41. The lowest BCUT2D eigenvalue weighted by molar-refractivity contribution is 0.600. The molecule has 0 aliphatic heterocycles. The second-order valence-corrected chi connectivity index (χ2v) is 5.58. The summed E-state index contributed by atoms with van der Waals surface area (Å²) in [6.45, 7) is 0. The van der Waals surface area contributed by atoms with Gasteiger partial charge in [0, 0.05) is 28.9 Å². The molecular weight excluding hydrogens is 252 g/mol. The van der Waals surface area contributed by atoms with Crippen molar-refractivity contribution in [2.24, 2.45) is 0 Å². The molecule has 2 heterocycles. The zero-order valence-electron chi connectivity index (χ0n) is 10.8. The summed E-state index contributed by atoms with van der Waals surface area (Å²) in [6, 6.07) is 15.1. The van der Waals surface area contributed by atoms with Gasteiger partial charge < -0.3 is 5.32 Å². The van der Waals surface area contributed by atoms with Gasteiger partial charge in [-0.25, -0.2) is 0 Å². The average molecular weight is 268 g/mol. The van der Waals surface area contributed by atoms with Gasteiger partial charge >= 0.3 is 0 Å². The van der Waals surface area contributed by atoms with Crippen molar-refractivity contribution in [3.63, 3.8) is 0 Å². The highest BCUT2D eigenvalue weighted by atomic mass is 32.1. The first kappa shape index (κ1) is 12.3. The Morgan fingerprint density at radius 2 is 2.05 bits per heavy atom. The minimum Gasteiger partial charge on any atom is -0.313 e. The van der Waals surface area contributed by atoms with Gasteiger partial charge in [0.05, 0.1) is 5.52 Å². The topological polar surface area (TPSA) is 24.9 Å². The van der Waals surface area contributed by atoms with Crippen molar-refractivity contribution in [1.82, 2.24) is 10.3 Å². The quantitative estimate of drug-likeness (QED) is 0.778. The van der Waals surface area contributed by atoms with Gasteiger partial charge in [-0.15, -0.1) is 11.3 Å². The average Bonchev–Trinajstić information content (AvgIpc) is 2.97. The lowest BCUT2D eigenvalue weighted by Gasteiger charge is -2.17. The summed E-state index contributed by atoms with van der Waals surface area (Å²) in [5.41, 5.74) is 2.37. The van der Waals surface area contributed by atoms with Crippen molar-refractivity contribution in [2.75, 3.05) is 7.05 Å². The normalized spacial score (nSPS) is 12.7. The largest absolute Gasteiger partial charge is 0.313 e. The molecule has 0 aliphatic rings. The van der Waals surface area contributed by atoms with E-state index in [2.05, 4.69) is 52.1 Å². The number of benzene rings is 1. The van der Waals surface area contributed by atoms with Gasteiger partial charge in [0.1, 0.15) is 0 Å². The molecular formula is C16H16N2S. The SMILES string of the molecule is CNC(Cc1cccs1)c1cccc2cccnc12. The maximum Gasteiger partial charge on any atom is 0.0749 e. The van der Waals surface area contributed by atoms with Crippen LogP contribution in [-0.2, 0) is 6.42 Å². The summed E-state index contributed by atoms with van der Waals surface area (Å²) in [4.78, 5) is 5.94. The molecule has 0 spiro atoms. The molecule has 0 bridgehead atoms. The third kappa shape index (κ3) is 2.53. The highest BCUT2D eigenvalue weighted by molar-refractivity contribution is 7.09. The number of thiophene rings is 1. The van der Waals surface area contributed by atoms with Crippen LogP contribution in [0.1, 0.15) is 16.5 Å². The van der Waals surface area contributed by atoms with E-state index in [9.17, 15) is 0 Å². The summed E-state index contributed by atoms with van der Waals surface area (Å²) in [5.74, 6) is 0. The molecule has 1 atom stereocenters. The molecule has 2 nitrogen and oxygen atoms in total. The van der Waals surface area contributed by atoms with E-state index in [1.54, 1.807) is 11.3 Å². The molecule has 1 unspecified atom stereocenters. The van der Waals surface area contributed by atoms with E-state index in [1.165, 1.54) is 15.8 Å². The fraction of sp³-hybridized carbons (Fsp3) is 0.188. The van der Waals surface area contributed by atoms with E-state index < -0.39 is 0 Å². The number of nitrogens with zero attached hydrogens (tertiary/aromatic N) is 1. The van der Waals surface area contributed by atoms with Crippen molar-refractivity contribution < 1.29 is 0 Å². The third-order valence-corrected chi connectivity index (χ3v) is 4.27. The molecule has 0 saturated heterocycles. The van der Waals surface area contributed by atoms with Crippen LogP contribution < -0.4 is 5.32 Å². The van der Waals surface area contributed by atoms with E-state index >= 15 is 0 Å². The van der Waals surface area contributed by atoms with Crippen molar-refractivity contribution in [3.05, 3.63) is 64.5 Å². The Kier molecular flexibility index (Phi) is 3.58. The van der Waals surface area contributed by atoms with E-state index in [4.69, 9.17) is 0 Å². The predicted molar refractivity (Wildman–Crippen MR) is 81.6 cm³/mol. The lowest BCUT2D eigenvalue weighted by atomic mass is 10.00. The van der Waals surface area contributed by atoms with Crippen LogP contribution in [0.5, 0.6) is 0 Å². The molecule has 3 heteroatoms. The number of hydrogen-bond acceptors (Lipinski definition) is 3. The monoisotopic (exact) mass is 268 g/mol. The summed E-state index contributed by atoms with van der Waals surface area (Å²) < 4.78 is 0. The van der Waals surface area contributed by atoms with Gasteiger partial charge in [-0.1, -0.05) is 30.3 Å². The van der Waals surface area contributed by atoms with Crippen LogP contribution in [0.25, 0.3) is 10.9 Å². The molecule has 1 N–H and O–H groups in total. The number of hydrogen-bond donors (Lipinski definition) is 1. The van der Waals surface area contributed by atoms with E-state index in [-0.39, 0.29) is 0 Å². The number of rotatable bonds is 4. The maximum atomic E-state index is 4.54. The van der Waals surface area contributed by atoms with Gasteiger partial charge in [0.15, 0.2) is 0 Å². The molecule has 19 heavy (non-hydrogen) atoms. The van der Waals surface area contributed by atoms with Gasteiger partial charge in [0.25, 0.3) is 0 Å². The van der Waals surface area contributed by atoms with E-state index in [0.29, 0.717) is 6.04 Å². The van der Waals surface area contributed by atoms with Crippen LogP contribution in [0.2, 0.25) is 0 Å². The second-order valence-electron chi connectivity index (χ2n) is 4.55. The first-order valence-corrected chi connectivity index (χ1v) is 7.30. The number of likely N-dealkylation sites (N-methyl/N-ethyl adjacent to an activating group) is 1. The summed E-state index contributed by atoms with van der Waals surface area (Å²) in [5, 5.41) is 6.74. The van der Waals surface area contributed by atoms with Crippen molar-refractivity contribution in [2.45, 2.75) is 12.5 Å². The first-order valence-electron chi connectivity index (χ1n) is 6.42. The molecule has 1 aromatic carbocycles. The number of aromatic nitrogens is 1. The van der Waals surface area contributed by atoms with Crippen LogP contribution in [0.3, 0.4) is 0 Å². The Morgan fingerprint density at radius 1 is 1.16 bits per heavy atom. The standard InChI is InChI=1S/C16H16N2S/c1-17-15(11-13-7-4-10-19-13)14-8-2-5-12-6-3-9-18-16(12)14/h2-10,15,17H,11H2,1H3. The number of fused-ring (bicyclic) bond motifs is 1. The summed E-state index contributed by atoms with van der Waals surface area (Å²) in [6.07, 6.45) is 2.87. The number of pyridine rings is 1. The smallest absolute Gasteiger partial charge is 0.0749 e. The third-order valence-electron chi connectivity index (χ3n) is 3.37. The highest BCUT2D eigenvalue weighted by Crippen LogP contribution is 2.26. The Hall–Kier alpha value is -1.71. The fourth-order valence-corrected chi connectivity index (χ4v) is 3.16. The van der Waals surface area contributed by atoms with Gasteiger partial charge in [-0.3, -0.25) is 4.98 Å². The van der Waals surface area contributed by atoms with Crippen LogP contribution >= 0.6 is 11.3 Å². The molecule has 2 aromatic heterocycles. The second kappa shape index (κ2) is 5.51. The lowest BCUT2D eigenvalue weighted by Crippen LogP contribution is -2.19. The molecule has 0 saturated carbocycles. The molecule has 0 radical (unpaired) electrons. The number of nitrogens with one attached hydrogen (secondary N) is 1. The van der Waals surface area contributed by atoms with E-state index in [0.717, 1.165) is 11.9 Å². The minimum atomic E-state index is 0.303. The summed E-state index contributed by atoms with van der Waals surface area (Å²) in [7, 11) is 2.01. The number of para-hydroxylation sites is 1. The highest BCUT2D eigenvalue weighted by Gasteiger charge is 2.14. The van der Waals surface area contributed by atoms with Crippen LogP contribution in [0.15, 0.2) is 54.0 Å². The Bertz CT molecular complexity index is 656. The van der Waals surface area contributed by atoms with Crippen molar-refractivity contribution in [1.29, 1.82) is 0 Å². The maximum absolute atomic E-state index is 4.54. The van der Waals surface area contributed by atoms with Crippen LogP contribution in [-0.4, -0.2) is 12.0 Å². The van der Waals surface area contributed by atoms with Gasteiger partial charge in [-0.05, 0) is 30.1 Å². The zero-order valence-corrected chi connectivity index (χ0v) is 11.7. The Labute approximate surface area is 117 Å². The zero-order chi connectivity index (χ0) is 13.1. The van der Waals surface area contributed by atoms with Crippen LogP contribution in [0, 0.1) is 0 Å². The minimum absolute atomic E-state index is 0.303. The molecule has 3 aromatic rings. The first-order chi connectivity index (χ1) is 9.38.